The molecule has 0 atom stereocenters. The van der Waals surface area contributed by atoms with E-state index in [-0.39, 0.29) is 4.48 Å². The Kier molecular flexibility index (Phi) is 4.83. The van der Waals surface area contributed by atoms with Gasteiger partial charge in [-0.3, -0.25) is 0 Å². The zero-order chi connectivity index (χ0) is 9.72. The van der Waals surface area contributed by atoms with Gasteiger partial charge in [-0.15, -0.1) is 0 Å². The van der Waals surface area contributed by atoms with Gasteiger partial charge < -0.3 is 0 Å². The molecule has 0 radical (unpaired) electrons. The molecule has 0 aromatic rings. The molecule has 0 aromatic heterocycles. The lowest BCUT2D eigenvalue weighted by Crippen LogP contribution is -1.75. The minimum Gasteiger partial charge on any atom is -0.206 e. The first kappa shape index (κ1) is 11.4. The molecule has 0 aliphatic rings. The van der Waals surface area contributed by atoms with E-state index < -0.39 is 5.83 Å². The van der Waals surface area contributed by atoms with Crippen molar-refractivity contribution < 1.29 is 4.39 Å². The minimum atomic E-state index is -0.391. The molecule has 0 saturated carbocycles. The Morgan fingerprint density at radius 1 is 1.25 bits per heavy atom. The van der Waals surface area contributed by atoms with Crippen LogP contribution in [0.5, 0.6) is 0 Å². The van der Waals surface area contributed by atoms with Crippen molar-refractivity contribution in [3.05, 3.63) is 46.8 Å². The second-order valence-electron chi connectivity index (χ2n) is 2.69. The van der Waals surface area contributed by atoms with Gasteiger partial charge in [0, 0.05) is 4.48 Å². The maximum atomic E-state index is 12.9. The van der Waals surface area contributed by atoms with Gasteiger partial charge in [0.05, 0.1) is 0 Å². The fourth-order valence-corrected chi connectivity index (χ4v) is 0.768. The Morgan fingerprint density at radius 3 is 2.08 bits per heavy atom. The van der Waals surface area contributed by atoms with Gasteiger partial charge in [-0.05, 0) is 41.4 Å². The highest BCUT2D eigenvalue weighted by Gasteiger charge is 1.95. The smallest absolute Gasteiger partial charge is 0.137 e. The van der Waals surface area contributed by atoms with Crippen molar-refractivity contribution in [2.24, 2.45) is 0 Å². The van der Waals surface area contributed by atoms with Gasteiger partial charge in [-0.1, -0.05) is 24.8 Å². The van der Waals surface area contributed by atoms with Crippen LogP contribution in [-0.2, 0) is 0 Å². The topological polar surface area (TPSA) is 0 Å². The van der Waals surface area contributed by atoms with Crippen molar-refractivity contribution in [3.8, 4) is 0 Å². The normalized spacial score (nSPS) is 10.8. The summed E-state index contributed by atoms with van der Waals surface area (Å²) in [6.07, 6.45) is 3.14. The van der Waals surface area contributed by atoms with E-state index in [0.29, 0.717) is 5.57 Å². The summed E-state index contributed by atoms with van der Waals surface area (Å²) in [7, 11) is 0. The highest BCUT2D eigenvalue weighted by Crippen LogP contribution is 2.17. The third-order valence-electron chi connectivity index (χ3n) is 1.05. The van der Waals surface area contributed by atoms with Crippen LogP contribution in [0, 0.1) is 0 Å². The fraction of sp³-hybridized carbons (Fsp3) is 0.200. The first-order valence-electron chi connectivity index (χ1n) is 3.49. The number of rotatable bonds is 3. The molecule has 0 spiro atoms. The average molecular weight is 231 g/mol. The molecule has 0 aliphatic heterocycles. The molecule has 0 N–H and O–H groups in total. The summed E-state index contributed by atoms with van der Waals surface area (Å²) in [5, 5.41) is 0. The fourth-order valence-electron chi connectivity index (χ4n) is 0.654. The largest absolute Gasteiger partial charge is 0.206 e. The van der Waals surface area contributed by atoms with Crippen LogP contribution < -0.4 is 0 Å². The minimum absolute atomic E-state index is 0.241. The third kappa shape index (κ3) is 5.08. The Hall–Kier alpha value is -0.630. The number of hydrogen-bond acceptors (Lipinski definition) is 0. The molecule has 0 amide bonds. The molecule has 12 heavy (non-hydrogen) atoms. The molecule has 0 unspecified atom stereocenters. The number of halogens is 2. The molecular weight excluding hydrogens is 219 g/mol. The Morgan fingerprint density at radius 2 is 1.75 bits per heavy atom. The molecule has 0 fully saturated rings. The predicted octanol–water partition coefficient (Wildman–Crippen LogP) is 4.27. The van der Waals surface area contributed by atoms with Gasteiger partial charge in [0.2, 0.25) is 0 Å². The Labute approximate surface area is 81.3 Å². The van der Waals surface area contributed by atoms with Crippen LogP contribution in [0.15, 0.2) is 46.8 Å². The van der Waals surface area contributed by atoms with E-state index in [9.17, 15) is 4.39 Å². The van der Waals surface area contributed by atoms with Crippen molar-refractivity contribution in [2.45, 2.75) is 13.8 Å². The molecular formula is C10H12BrF. The maximum Gasteiger partial charge on any atom is 0.137 e. The van der Waals surface area contributed by atoms with Gasteiger partial charge in [-0.2, -0.15) is 0 Å². The van der Waals surface area contributed by atoms with E-state index >= 15 is 0 Å². The van der Waals surface area contributed by atoms with Crippen LogP contribution in [0.25, 0.3) is 0 Å². The summed E-state index contributed by atoms with van der Waals surface area (Å²) >= 11 is 2.93. The standard InChI is InChI=1S/C10H12BrF/c1-7(2)5-8(3)6-10(12)9(4)11/h5-6H,3-4H2,1-2H3/b10-6+. The summed E-state index contributed by atoms with van der Waals surface area (Å²) in [6.45, 7) is 10.9. The highest BCUT2D eigenvalue weighted by atomic mass is 79.9. The van der Waals surface area contributed by atoms with Crippen molar-refractivity contribution in [2.75, 3.05) is 0 Å². The van der Waals surface area contributed by atoms with Crippen molar-refractivity contribution in [1.82, 2.24) is 0 Å². The van der Waals surface area contributed by atoms with E-state index in [1.54, 1.807) is 6.08 Å². The number of allylic oxidation sites excluding steroid dienone is 6. The molecule has 66 valence electrons. The molecule has 0 heterocycles. The average Bonchev–Trinajstić information content (AvgIpc) is 1.84. The Bertz CT molecular complexity index is 255. The van der Waals surface area contributed by atoms with Crippen LogP contribution in [0.3, 0.4) is 0 Å². The molecule has 0 aliphatic carbocycles. The summed E-state index contributed by atoms with van der Waals surface area (Å²) in [6, 6.07) is 0. The van der Waals surface area contributed by atoms with Crippen molar-refractivity contribution in [1.29, 1.82) is 0 Å². The van der Waals surface area contributed by atoms with E-state index in [2.05, 4.69) is 29.1 Å². The lowest BCUT2D eigenvalue weighted by molar-refractivity contribution is 0.664. The summed E-state index contributed by atoms with van der Waals surface area (Å²) in [5.74, 6) is -0.391. The van der Waals surface area contributed by atoms with Gasteiger partial charge >= 0.3 is 0 Å². The van der Waals surface area contributed by atoms with E-state index in [1.807, 2.05) is 13.8 Å². The zero-order valence-corrected chi connectivity index (χ0v) is 8.91. The van der Waals surface area contributed by atoms with E-state index in [0.717, 1.165) is 5.57 Å². The van der Waals surface area contributed by atoms with E-state index in [1.165, 1.54) is 6.08 Å². The summed E-state index contributed by atoms with van der Waals surface area (Å²) in [4.78, 5) is 0. The van der Waals surface area contributed by atoms with E-state index in [4.69, 9.17) is 0 Å². The molecule has 0 rings (SSSR count). The lowest BCUT2D eigenvalue weighted by atomic mass is 10.2. The maximum absolute atomic E-state index is 12.9. The molecule has 0 nitrogen and oxygen atoms in total. The zero-order valence-electron chi connectivity index (χ0n) is 7.32. The van der Waals surface area contributed by atoms with Crippen LogP contribution in [0.4, 0.5) is 4.39 Å². The molecule has 0 saturated heterocycles. The van der Waals surface area contributed by atoms with Crippen LogP contribution >= 0.6 is 15.9 Å². The van der Waals surface area contributed by atoms with Crippen LogP contribution in [0.2, 0.25) is 0 Å². The van der Waals surface area contributed by atoms with Crippen molar-refractivity contribution in [3.63, 3.8) is 0 Å². The van der Waals surface area contributed by atoms with Gasteiger partial charge in [0.25, 0.3) is 0 Å². The monoisotopic (exact) mass is 230 g/mol. The first-order valence-corrected chi connectivity index (χ1v) is 4.28. The van der Waals surface area contributed by atoms with Gasteiger partial charge in [0.1, 0.15) is 5.83 Å². The van der Waals surface area contributed by atoms with Gasteiger partial charge in [-0.25, -0.2) is 4.39 Å². The molecule has 0 bridgehead atoms. The second kappa shape index (κ2) is 5.09. The first-order chi connectivity index (χ1) is 5.43. The quantitative estimate of drug-likeness (QED) is 0.636. The predicted molar refractivity (Wildman–Crippen MR) is 55.8 cm³/mol. The molecule has 2 heteroatoms. The third-order valence-corrected chi connectivity index (χ3v) is 1.42. The summed E-state index contributed by atoms with van der Waals surface area (Å²) < 4.78 is 13.1. The van der Waals surface area contributed by atoms with Crippen molar-refractivity contribution >= 4 is 15.9 Å². The SMILES string of the molecule is C=C(C=C(C)C)/C=C(/F)C(=C)Br. The van der Waals surface area contributed by atoms with Gasteiger partial charge in [0.15, 0.2) is 0 Å². The summed E-state index contributed by atoms with van der Waals surface area (Å²) in [5.41, 5.74) is 1.72. The number of hydrogen-bond donors (Lipinski definition) is 0. The second-order valence-corrected chi connectivity index (χ2v) is 3.65. The Balaban J connectivity index is 4.46. The highest BCUT2D eigenvalue weighted by molar-refractivity contribution is 9.11. The lowest BCUT2D eigenvalue weighted by Gasteiger charge is -1.94. The van der Waals surface area contributed by atoms with Crippen LogP contribution in [-0.4, -0.2) is 0 Å². The molecule has 0 aromatic carbocycles. The van der Waals surface area contributed by atoms with Crippen LogP contribution in [0.1, 0.15) is 13.8 Å².